The Morgan fingerprint density at radius 3 is 3.15 bits per heavy atom. The second-order valence-corrected chi connectivity index (χ2v) is 8.48. The number of hydrogen-bond donors (Lipinski definition) is 4. The first-order valence-corrected chi connectivity index (χ1v) is 9.99. The van der Waals surface area contributed by atoms with Gasteiger partial charge in [-0.05, 0) is 61.4 Å². The lowest BCUT2D eigenvalue weighted by atomic mass is 9.51. The number of hydrogen-bond acceptors (Lipinski definition) is 6. The molecule has 1 saturated carbocycles. The van der Waals surface area contributed by atoms with Crippen molar-refractivity contribution in [2.45, 2.75) is 55.5 Å². The standard InChI is InChI=1S/C20H28N4O3/c21-23-12-22-7-1-8-24-9-6-19-15(4-5-20(26)18(19)27-20)17(24)10-13-2-3-14(25)11-16(13)19/h2-3,11-12,15,17-18,25-26H,1,4-10,21H2,(H,22,23)/t15-,17+,18?,19-,20?/m0/s1. The number of phenolic OH excluding ortho intramolecular Hbond substituents is 1. The number of nitrogens with one attached hydrogen (secondary N) is 1. The molecule has 7 heteroatoms. The monoisotopic (exact) mass is 372 g/mol. The fourth-order valence-corrected chi connectivity index (χ4v) is 6.19. The molecular formula is C20H28N4O3. The minimum atomic E-state index is -0.951. The number of hydrazine groups is 1. The number of piperidine rings is 1. The van der Waals surface area contributed by atoms with E-state index in [4.69, 9.17) is 10.6 Å². The zero-order valence-electron chi connectivity index (χ0n) is 15.5. The molecule has 2 aliphatic heterocycles. The molecule has 0 spiro atoms. The SMILES string of the molecule is NNC=NCCCN1CC[C@@]23c4cc(O)ccc4C[C@@H]1[C@@H]2CCC1(O)OC13. The first kappa shape index (κ1) is 17.4. The average molecular weight is 372 g/mol. The van der Waals surface area contributed by atoms with Crippen LogP contribution < -0.4 is 11.3 Å². The molecule has 3 fully saturated rings. The average Bonchev–Trinajstić information content (AvgIpc) is 3.36. The predicted octanol–water partition coefficient (Wildman–Crippen LogP) is 0.640. The molecule has 4 aliphatic rings. The molecule has 0 amide bonds. The third-order valence-corrected chi connectivity index (χ3v) is 7.29. The number of benzene rings is 1. The van der Waals surface area contributed by atoms with Crippen LogP contribution in [0, 0.1) is 5.92 Å². The maximum Gasteiger partial charge on any atom is 0.193 e. The summed E-state index contributed by atoms with van der Waals surface area (Å²) in [4.78, 5) is 6.85. The van der Waals surface area contributed by atoms with Gasteiger partial charge in [0.15, 0.2) is 5.79 Å². The highest BCUT2D eigenvalue weighted by Gasteiger charge is 2.73. The van der Waals surface area contributed by atoms with Crippen LogP contribution in [0.5, 0.6) is 5.75 Å². The van der Waals surface area contributed by atoms with Crippen molar-refractivity contribution in [3.8, 4) is 5.75 Å². The maximum atomic E-state index is 10.7. The molecule has 2 saturated heterocycles. The van der Waals surface area contributed by atoms with E-state index in [2.05, 4.69) is 21.4 Å². The summed E-state index contributed by atoms with van der Waals surface area (Å²) in [7, 11) is 0. The van der Waals surface area contributed by atoms with Gasteiger partial charge in [0.05, 0.1) is 6.34 Å². The number of rotatable bonds is 5. The third-order valence-electron chi connectivity index (χ3n) is 7.29. The van der Waals surface area contributed by atoms with Crippen LogP contribution in [-0.2, 0) is 16.6 Å². The Kier molecular flexibility index (Phi) is 3.98. The molecule has 5 N–H and O–H groups in total. The van der Waals surface area contributed by atoms with E-state index in [1.54, 1.807) is 6.07 Å². The Hall–Kier alpha value is -1.67. The molecule has 5 atom stereocenters. The van der Waals surface area contributed by atoms with Gasteiger partial charge >= 0.3 is 0 Å². The van der Waals surface area contributed by atoms with Crippen molar-refractivity contribution in [3.05, 3.63) is 29.3 Å². The third kappa shape index (κ3) is 2.52. The van der Waals surface area contributed by atoms with E-state index in [0.717, 1.165) is 51.7 Å². The van der Waals surface area contributed by atoms with Crippen molar-refractivity contribution in [3.63, 3.8) is 0 Å². The van der Waals surface area contributed by atoms with Gasteiger partial charge in [-0.2, -0.15) is 0 Å². The number of nitrogens with two attached hydrogens (primary N) is 1. The van der Waals surface area contributed by atoms with Crippen LogP contribution in [0.4, 0.5) is 0 Å². The van der Waals surface area contributed by atoms with Crippen molar-refractivity contribution in [2.24, 2.45) is 16.8 Å². The number of likely N-dealkylation sites (tertiary alicyclic amines) is 1. The van der Waals surface area contributed by atoms with E-state index in [-0.39, 0.29) is 11.5 Å². The Morgan fingerprint density at radius 1 is 1.41 bits per heavy atom. The highest BCUT2D eigenvalue weighted by Crippen LogP contribution is 2.65. The number of epoxide rings is 1. The van der Waals surface area contributed by atoms with Gasteiger partial charge in [0.2, 0.25) is 0 Å². The quantitative estimate of drug-likeness (QED) is 0.151. The molecule has 0 radical (unpaired) electrons. The van der Waals surface area contributed by atoms with Crippen molar-refractivity contribution in [1.82, 2.24) is 10.3 Å². The lowest BCUT2D eigenvalue weighted by Gasteiger charge is -2.58. The van der Waals surface area contributed by atoms with Gasteiger partial charge in [-0.3, -0.25) is 9.89 Å². The van der Waals surface area contributed by atoms with Crippen molar-refractivity contribution >= 4 is 6.34 Å². The van der Waals surface area contributed by atoms with E-state index in [1.165, 1.54) is 17.5 Å². The summed E-state index contributed by atoms with van der Waals surface area (Å²) >= 11 is 0. The van der Waals surface area contributed by atoms with Crippen LogP contribution in [0.2, 0.25) is 0 Å². The number of nitrogens with zero attached hydrogens (tertiary/aromatic N) is 2. The summed E-state index contributed by atoms with van der Waals surface area (Å²) in [5, 5.41) is 20.9. The predicted molar refractivity (Wildman–Crippen MR) is 101 cm³/mol. The van der Waals surface area contributed by atoms with Gasteiger partial charge in [-0.25, -0.2) is 5.84 Å². The zero-order chi connectivity index (χ0) is 18.6. The van der Waals surface area contributed by atoms with Crippen LogP contribution in [-0.4, -0.2) is 59.0 Å². The number of aliphatic hydroxyl groups is 1. The number of aromatic hydroxyl groups is 1. The van der Waals surface area contributed by atoms with Crippen molar-refractivity contribution in [2.75, 3.05) is 19.6 Å². The molecular weight excluding hydrogens is 344 g/mol. The first-order valence-electron chi connectivity index (χ1n) is 9.99. The smallest absolute Gasteiger partial charge is 0.193 e. The second-order valence-electron chi connectivity index (χ2n) is 8.48. The molecule has 2 aliphatic carbocycles. The number of fused-ring (bicyclic) bond motifs is 2. The van der Waals surface area contributed by atoms with Crippen LogP contribution in [0.15, 0.2) is 23.2 Å². The van der Waals surface area contributed by atoms with Gasteiger partial charge in [0, 0.05) is 31.0 Å². The molecule has 2 unspecified atom stereocenters. The second kappa shape index (κ2) is 6.17. The number of aliphatic imine (C=N–C) groups is 1. The van der Waals surface area contributed by atoms with Crippen LogP contribution in [0.25, 0.3) is 0 Å². The largest absolute Gasteiger partial charge is 0.508 e. The molecule has 2 bridgehead atoms. The molecule has 27 heavy (non-hydrogen) atoms. The number of ether oxygens (including phenoxy) is 1. The fraction of sp³-hybridized carbons (Fsp3) is 0.650. The van der Waals surface area contributed by atoms with E-state index < -0.39 is 5.79 Å². The molecule has 1 aromatic rings. The van der Waals surface area contributed by atoms with Crippen molar-refractivity contribution in [1.29, 1.82) is 0 Å². The Morgan fingerprint density at radius 2 is 2.30 bits per heavy atom. The summed E-state index contributed by atoms with van der Waals surface area (Å²) in [6.45, 7) is 2.77. The molecule has 2 heterocycles. The van der Waals surface area contributed by atoms with E-state index in [1.807, 2.05) is 6.07 Å². The molecule has 7 nitrogen and oxygen atoms in total. The van der Waals surface area contributed by atoms with Gasteiger partial charge in [-0.15, -0.1) is 0 Å². The zero-order valence-corrected chi connectivity index (χ0v) is 15.5. The van der Waals surface area contributed by atoms with Gasteiger partial charge in [0.1, 0.15) is 11.9 Å². The molecule has 0 aromatic heterocycles. The van der Waals surface area contributed by atoms with Crippen LogP contribution in [0.1, 0.15) is 36.8 Å². The summed E-state index contributed by atoms with van der Waals surface area (Å²) in [6, 6.07) is 6.23. The summed E-state index contributed by atoms with van der Waals surface area (Å²) < 4.78 is 5.89. The summed E-state index contributed by atoms with van der Waals surface area (Å²) in [5.74, 6) is 5.03. The summed E-state index contributed by atoms with van der Waals surface area (Å²) in [6.07, 6.45) is 6.06. The molecule has 1 aromatic carbocycles. The summed E-state index contributed by atoms with van der Waals surface area (Å²) in [5.41, 5.74) is 4.78. The number of phenols is 1. The highest BCUT2D eigenvalue weighted by atomic mass is 16.7. The van der Waals surface area contributed by atoms with Crippen LogP contribution >= 0.6 is 0 Å². The van der Waals surface area contributed by atoms with Crippen molar-refractivity contribution < 1.29 is 14.9 Å². The van der Waals surface area contributed by atoms with E-state index in [0.29, 0.717) is 17.7 Å². The lowest BCUT2D eigenvalue weighted by Crippen LogP contribution is -2.64. The Balaban J connectivity index is 1.45. The van der Waals surface area contributed by atoms with Crippen LogP contribution in [0.3, 0.4) is 0 Å². The topological polar surface area (TPSA) is 107 Å². The van der Waals surface area contributed by atoms with Gasteiger partial charge in [0.25, 0.3) is 0 Å². The Bertz CT molecular complexity index is 772. The van der Waals surface area contributed by atoms with E-state index >= 15 is 0 Å². The Labute approximate surface area is 159 Å². The van der Waals surface area contributed by atoms with Gasteiger partial charge < -0.3 is 20.4 Å². The molecule has 5 rings (SSSR count). The lowest BCUT2D eigenvalue weighted by molar-refractivity contribution is -0.0390. The highest BCUT2D eigenvalue weighted by molar-refractivity contribution is 5.52. The minimum absolute atomic E-state index is 0.130. The van der Waals surface area contributed by atoms with E-state index in [9.17, 15) is 10.2 Å². The fourth-order valence-electron chi connectivity index (χ4n) is 6.19. The molecule has 146 valence electrons. The minimum Gasteiger partial charge on any atom is -0.508 e. The maximum absolute atomic E-state index is 10.7. The normalized spacial score (nSPS) is 39.6. The van der Waals surface area contributed by atoms with Gasteiger partial charge in [-0.1, -0.05) is 6.07 Å². The first-order chi connectivity index (χ1) is 13.1.